The van der Waals surface area contributed by atoms with E-state index >= 15 is 0 Å². The van der Waals surface area contributed by atoms with E-state index in [1.807, 2.05) is 0 Å². The fourth-order valence-electron chi connectivity index (χ4n) is 3.04. The van der Waals surface area contributed by atoms with Gasteiger partial charge in [0.1, 0.15) is 17.3 Å². The minimum absolute atomic E-state index is 0.0523. The van der Waals surface area contributed by atoms with Gasteiger partial charge in [0.25, 0.3) is 5.91 Å². The molecule has 1 heterocycles. The normalized spacial score (nSPS) is 11.6. The molecular formula is C22H18ClF4N3O5S. The van der Waals surface area contributed by atoms with Gasteiger partial charge in [-0.1, -0.05) is 11.6 Å². The number of halogens is 5. The van der Waals surface area contributed by atoms with Crippen molar-refractivity contribution in [1.29, 1.82) is 0 Å². The van der Waals surface area contributed by atoms with E-state index in [0.29, 0.717) is 0 Å². The minimum atomic E-state index is -4.72. The monoisotopic (exact) mass is 547 g/mol. The number of sulfonamides is 1. The Bertz CT molecular complexity index is 1400. The lowest BCUT2D eigenvalue weighted by atomic mass is 10.0. The summed E-state index contributed by atoms with van der Waals surface area (Å²) in [5.74, 6) is -2.48. The number of anilines is 1. The highest BCUT2D eigenvalue weighted by molar-refractivity contribution is 7.89. The zero-order valence-corrected chi connectivity index (χ0v) is 20.2. The summed E-state index contributed by atoms with van der Waals surface area (Å²) < 4.78 is 88.6. The largest absolute Gasteiger partial charge is 0.482 e. The fourth-order valence-corrected chi connectivity index (χ4v) is 3.70. The average Bonchev–Trinajstić information content (AvgIpc) is 2.74. The van der Waals surface area contributed by atoms with E-state index in [4.69, 9.17) is 21.1 Å². The van der Waals surface area contributed by atoms with Gasteiger partial charge in [-0.15, -0.1) is 0 Å². The van der Waals surface area contributed by atoms with Gasteiger partial charge in [0.15, 0.2) is 0 Å². The molecule has 0 bridgehead atoms. The Morgan fingerprint density at radius 1 is 1.14 bits per heavy atom. The van der Waals surface area contributed by atoms with E-state index in [2.05, 4.69) is 4.98 Å². The number of carbonyl (C=O) groups is 1. The number of nitrogens with zero attached hydrogens (tertiary/aromatic N) is 1. The Hall–Kier alpha value is -3.58. The molecule has 0 saturated carbocycles. The zero-order chi connectivity index (χ0) is 26.7. The number of aromatic nitrogens is 1. The quantitative estimate of drug-likeness (QED) is 0.289. The molecule has 1 aromatic heterocycles. The Balaban J connectivity index is 2.12. The first-order valence-electron chi connectivity index (χ1n) is 10.0. The molecule has 2 N–H and O–H groups in total. The molecule has 0 fully saturated rings. The highest BCUT2D eigenvalue weighted by atomic mass is 35.5. The lowest BCUT2D eigenvalue weighted by Crippen LogP contribution is -2.30. The van der Waals surface area contributed by atoms with Crippen LogP contribution in [0.3, 0.4) is 0 Å². The van der Waals surface area contributed by atoms with Crippen LogP contribution in [-0.4, -0.2) is 38.5 Å². The lowest BCUT2D eigenvalue weighted by Gasteiger charge is -2.17. The van der Waals surface area contributed by atoms with Crippen LogP contribution in [0.1, 0.15) is 17.3 Å². The summed E-state index contributed by atoms with van der Waals surface area (Å²) in [6, 6.07) is 8.21. The van der Waals surface area contributed by atoms with E-state index < -0.39 is 39.3 Å². The van der Waals surface area contributed by atoms with Crippen LogP contribution in [0.5, 0.6) is 17.4 Å². The highest BCUT2D eigenvalue weighted by Gasteiger charge is 2.28. The Morgan fingerprint density at radius 2 is 1.86 bits per heavy atom. The number of nitrogens with one attached hydrogen (secondary N) is 2. The first-order valence-corrected chi connectivity index (χ1v) is 12.3. The van der Waals surface area contributed by atoms with E-state index in [0.717, 1.165) is 30.5 Å². The van der Waals surface area contributed by atoms with E-state index in [9.17, 15) is 30.8 Å². The van der Waals surface area contributed by atoms with Gasteiger partial charge in [0.2, 0.25) is 15.9 Å². The van der Waals surface area contributed by atoms with Gasteiger partial charge in [-0.25, -0.2) is 22.5 Å². The Morgan fingerprint density at radius 3 is 2.47 bits per heavy atom. The fraction of sp³-hybridized carbons (Fsp3) is 0.182. The van der Waals surface area contributed by atoms with Crippen LogP contribution in [0.2, 0.25) is 5.02 Å². The van der Waals surface area contributed by atoms with Crippen LogP contribution in [-0.2, 0) is 10.0 Å². The van der Waals surface area contributed by atoms with Crippen molar-refractivity contribution in [3.63, 3.8) is 0 Å². The van der Waals surface area contributed by atoms with Crippen LogP contribution in [0.25, 0.3) is 11.1 Å². The van der Waals surface area contributed by atoms with E-state index in [-0.39, 0.29) is 40.1 Å². The molecule has 0 aliphatic heterocycles. The number of amides is 1. The summed E-state index contributed by atoms with van der Waals surface area (Å²) in [6.07, 6.45) is -2.56. The smallest absolute Gasteiger partial charge is 0.478 e. The van der Waals surface area contributed by atoms with Crippen LogP contribution in [0.4, 0.5) is 23.2 Å². The summed E-state index contributed by atoms with van der Waals surface area (Å²) in [7, 11) is -4.00. The van der Waals surface area contributed by atoms with Crippen molar-refractivity contribution in [2.45, 2.75) is 13.2 Å². The number of carbonyl (C=O) groups excluding carboxylic acids is 1. The topological polar surface area (TPSA) is 107 Å². The minimum Gasteiger partial charge on any atom is -0.478 e. The molecule has 0 aliphatic rings. The molecule has 192 valence electrons. The Labute approximate surface area is 208 Å². The molecule has 3 rings (SSSR count). The molecule has 14 heteroatoms. The second-order valence-corrected chi connectivity index (χ2v) is 9.34. The molecule has 1 amide bonds. The maximum atomic E-state index is 14.9. The van der Waals surface area contributed by atoms with Gasteiger partial charge in [0.05, 0.1) is 29.1 Å². The molecule has 0 atom stereocenters. The first-order chi connectivity index (χ1) is 16.8. The van der Waals surface area contributed by atoms with Crippen LogP contribution in [0.15, 0.2) is 48.7 Å². The second-order valence-electron chi connectivity index (χ2n) is 7.19. The van der Waals surface area contributed by atoms with Gasteiger partial charge in [-0.2, -0.15) is 13.2 Å². The summed E-state index contributed by atoms with van der Waals surface area (Å²) in [5, 5.41) is 0.955. The molecule has 0 saturated heterocycles. The number of alkyl halides is 3. The van der Waals surface area contributed by atoms with Gasteiger partial charge in [0, 0.05) is 29.5 Å². The second kappa shape index (κ2) is 10.6. The predicted octanol–water partition coefficient (Wildman–Crippen LogP) is 5.35. The zero-order valence-electron chi connectivity index (χ0n) is 18.6. The first kappa shape index (κ1) is 27.0. The maximum Gasteiger partial charge on any atom is 0.482 e. The highest BCUT2D eigenvalue weighted by Crippen LogP contribution is 2.40. The molecule has 3 aromatic rings. The van der Waals surface area contributed by atoms with Crippen molar-refractivity contribution in [2.24, 2.45) is 0 Å². The molecular weight excluding hydrogens is 530 g/mol. The van der Waals surface area contributed by atoms with Gasteiger partial charge < -0.3 is 9.47 Å². The third-order valence-electron chi connectivity index (χ3n) is 4.38. The number of benzene rings is 2. The number of rotatable bonds is 8. The number of pyridine rings is 1. The standard InChI is InChI=1S/C22H18ClF4N3O5S/c1-3-34-21-13(5-4-8-28-21)14-10-15(20(31)30-36(2,32)33)17(24)11-19(14)35-12-6-7-18(16(23)9-12)29-22(25,26)27/h4-11,29H,3H2,1-2H3,(H,30,31). The van der Waals surface area contributed by atoms with Crippen molar-refractivity contribution in [3.05, 3.63) is 65.1 Å². The molecule has 36 heavy (non-hydrogen) atoms. The summed E-state index contributed by atoms with van der Waals surface area (Å²) in [4.78, 5) is 16.5. The van der Waals surface area contributed by atoms with Gasteiger partial charge in [-0.3, -0.25) is 10.1 Å². The third-order valence-corrected chi connectivity index (χ3v) is 5.25. The predicted molar refractivity (Wildman–Crippen MR) is 124 cm³/mol. The molecule has 2 aromatic carbocycles. The average molecular weight is 548 g/mol. The van der Waals surface area contributed by atoms with Crippen molar-refractivity contribution >= 4 is 33.2 Å². The van der Waals surface area contributed by atoms with Gasteiger partial charge >= 0.3 is 6.30 Å². The number of hydrogen-bond acceptors (Lipinski definition) is 7. The lowest BCUT2D eigenvalue weighted by molar-refractivity contribution is -0.0999. The van der Waals surface area contributed by atoms with Crippen LogP contribution < -0.4 is 19.5 Å². The molecule has 0 spiro atoms. The summed E-state index contributed by atoms with van der Waals surface area (Å²) >= 11 is 5.93. The summed E-state index contributed by atoms with van der Waals surface area (Å²) in [5.41, 5.74) is -0.692. The van der Waals surface area contributed by atoms with Crippen LogP contribution in [0, 0.1) is 5.82 Å². The van der Waals surface area contributed by atoms with Crippen molar-refractivity contribution < 1.29 is 40.2 Å². The SMILES string of the molecule is CCOc1ncccc1-c1cc(C(=O)NS(C)(=O)=O)c(F)cc1Oc1ccc(NC(F)(F)F)c(Cl)c1. The third kappa shape index (κ3) is 6.98. The molecule has 8 nitrogen and oxygen atoms in total. The molecule has 0 unspecified atom stereocenters. The van der Waals surface area contributed by atoms with E-state index in [1.54, 1.807) is 17.7 Å². The summed E-state index contributed by atoms with van der Waals surface area (Å²) in [6.45, 7) is 1.91. The molecule has 0 aliphatic carbocycles. The maximum absolute atomic E-state index is 14.9. The molecule has 0 radical (unpaired) electrons. The Kier molecular flexibility index (Phi) is 7.94. The number of hydrogen-bond donors (Lipinski definition) is 2. The van der Waals surface area contributed by atoms with Crippen LogP contribution >= 0.6 is 11.6 Å². The van der Waals surface area contributed by atoms with Crippen molar-refractivity contribution in [2.75, 3.05) is 18.2 Å². The van der Waals surface area contributed by atoms with Crippen molar-refractivity contribution in [1.82, 2.24) is 9.71 Å². The van der Waals surface area contributed by atoms with E-state index in [1.165, 1.54) is 23.6 Å². The number of ether oxygens (including phenoxy) is 2. The van der Waals surface area contributed by atoms with Crippen molar-refractivity contribution in [3.8, 4) is 28.5 Å². The van der Waals surface area contributed by atoms with Gasteiger partial charge in [-0.05, 0) is 37.3 Å².